The second kappa shape index (κ2) is 7.23. The smallest absolute Gasteiger partial charge is 0.273 e. The highest BCUT2D eigenvalue weighted by Crippen LogP contribution is 2.43. The van der Waals surface area contributed by atoms with Gasteiger partial charge in [-0.15, -0.1) is 11.8 Å². The Hall–Kier alpha value is -1.76. The Morgan fingerprint density at radius 1 is 0.920 bits per heavy atom. The summed E-state index contributed by atoms with van der Waals surface area (Å²) in [4.78, 5) is 17.7. The Labute approximate surface area is 161 Å². The molecule has 4 rings (SSSR count). The van der Waals surface area contributed by atoms with Crippen LogP contribution in [0.1, 0.15) is 6.42 Å². The number of thiocarbonyl (C=S) groups is 1. The van der Waals surface area contributed by atoms with E-state index in [1.54, 1.807) is 16.7 Å². The predicted octanol–water partition coefficient (Wildman–Crippen LogP) is 4.86. The minimum Gasteiger partial charge on any atom is -0.335 e. The highest BCUT2D eigenvalue weighted by Gasteiger charge is 2.37. The molecule has 2 fully saturated rings. The van der Waals surface area contributed by atoms with E-state index in [0.29, 0.717) is 4.32 Å². The highest BCUT2D eigenvalue weighted by molar-refractivity contribution is 8.27. The molecule has 126 valence electrons. The van der Waals surface area contributed by atoms with Crippen LogP contribution in [0.3, 0.4) is 0 Å². The summed E-state index contributed by atoms with van der Waals surface area (Å²) in [5.74, 6) is 1.00. The number of rotatable bonds is 2. The minimum absolute atomic E-state index is 0.0217. The van der Waals surface area contributed by atoms with E-state index >= 15 is 0 Å². The van der Waals surface area contributed by atoms with Crippen molar-refractivity contribution in [2.45, 2.75) is 6.42 Å². The fraction of sp³-hybridized carbons (Fsp3) is 0.158. The number of hydrogen-bond donors (Lipinski definition) is 0. The van der Waals surface area contributed by atoms with Gasteiger partial charge in [0, 0.05) is 18.0 Å². The molecule has 0 bridgehead atoms. The zero-order valence-electron chi connectivity index (χ0n) is 13.4. The van der Waals surface area contributed by atoms with Gasteiger partial charge >= 0.3 is 0 Å². The van der Waals surface area contributed by atoms with Crippen molar-refractivity contribution in [2.75, 3.05) is 22.1 Å². The number of carbonyl (C=O) groups is 1. The second-order valence-corrected chi connectivity index (χ2v) is 8.40. The normalized spacial score (nSPS) is 21.1. The van der Waals surface area contributed by atoms with Gasteiger partial charge in [0.1, 0.15) is 4.91 Å². The van der Waals surface area contributed by atoms with Gasteiger partial charge in [-0.2, -0.15) is 0 Å². The number of thioether (sulfide) groups is 2. The van der Waals surface area contributed by atoms with E-state index in [4.69, 9.17) is 12.2 Å². The zero-order valence-corrected chi connectivity index (χ0v) is 15.9. The average Bonchev–Trinajstić information content (AvgIpc) is 2.97. The van der Waals surface area contributed by atoms with Gasteiger partial charge in [0.15, 0.2) is 4.32 Å². The molecule has 2 aromatic rings. The van der Waals surface area contributed by atoms with Gasteiger partial charge in [0.05, 0.1) is 10.7 Å². The quantitative estimate of drug-likeness (QED) is 0.543. The van der Waals surface area contributed by atoms with Crippen molar-refractivity contribution in [3.8, 4) is 0 Å². The standard InChI is InChI=1S/C19H16N2OS3/c22-17-16(25-19(23)21(17)15-10-5-2-6-11-15)18-20(12-7-13-24-18)14-8-3-1-4-9-14/h1-6,8-11H,7,12-13H2/b18-16+. The van der Waals surface area contributed by atoms with Gasteiger partial charge in [0.25, 0.3) is 5.91 Å². The summed E-state index contributed by atoms with van der Waals surface area (Å²) >= 11 is 8.66. The van der Waals surface area contributed by atoms with Gasteiger partial charge < -0.3 is 4.90 Å². The maximum atomic E-state index is 13.1. The molecule has 0 spiro atoms. The average molecular weight is 385 g/mol. The maximum absolute atomic E-state index is 13.1. The van der Waals surface area contributed by atoms with Crippen molar-refractivity contribution in [1.29, 1.82) is 0 Å². The first-order chi connectivity index (χ1) is 12.3. The van der Waals surface area contributed by atoms with E-state index < -0.39 is 0 Å². The van der Waals surface area contributed by atoms with Crippen LogP contribution in [-0.4, -0.2) is 22.5 Å². The van der Waals surface area contributed by atoms with Crippen molar-refractivity contribution >= 4 is 57.3 Å². The first kappa shape index (κ1) is 16.7. The van der Waals surface area contributed by atoms with E-state index in [2.05, 4.69) is 17.0 Å². The number of nitrogens with zero attached hydrogens (tertiary/aromatic N) is 2. The molecule has 2 heterocycles. The van der Waals surface area contributed by atoms with E-state index in [1.165, 1.54) is 11.8 Å². The minimum atomic E-state index is -0.0217. The molecule has 0 unspecified atom stereocenters. The van der Waals surface area contributed by atoms with Crippen molar-refractivity contribution in [3.05, 3.63) is 70.6 Å². The largest absolute Gasteiger partial charge is 0.335 e. The van der Waals surface area contributed by atoms with Gasteiger partial charge in [0.2, 0.25) is 0 Å². The summed E-state index contributed by atoms with van der Waals surface area (Å²) in [6.07, 6.45) is 1.10. The lowest BCUT2D eigenvalue weighted by atomic mass is 10.2. The van der Waals surface area contributed by atoms with Crippen LogP contribution in [0.5, 0.6) is 0 Å². The third kappa shape index (κ3) is 3.21. The predicted molar refractivity (Wildman–Crippen MR) is 112 cm³/mol. The lowest BCUT2D eigenvalue weighted by Crippen LogP contribution is -2.31. The molecule has 2 aliphatic rings. The van der Waals surface area contributed by atoms with Gasteiger partial charge in [-0.3, -0.25) is 9.69 Å². The fourth-order valence-corrected chi connectivity index (χ4v) is 5.52. The monoisotopic (exact) mass is 384 g/mol. The Morgan fingerprint density at radius 3 is 2.24 bits per heavy atom. The van der Waals surface area contributed by atoms with Crippen LogP contribution < -0.4 is 9.80 Å². The number of carbonyl (C=O) groups excluding carboxylic acids is 1. The number of amides is 1. The Bertz CT molecular complexity index is 836. The third-order valence-corrected chi connectivity index (χ3v) is 6.74. The Kier molecular flexibility index (Phi) is 4.83. The molecule has 0 aromatic heterocycles. The van der Waals surface area contributed by atoms with Crippen LogP contribution in [0.25, 0.3) is 0 Å². The van der Waals surface area contributed by atoms with Gasteiger partial charge in [-0.1, -0.05) is 60.4 Å². The molecule has 3 nitrogen and oxygen atoms in total. The van der Waals surface area contributed by atoms with Crippen LogP contribution in [0.2, 0.25) is 0 Å². The Morgan fingerprint density at radius 2 is 1.56 bits per heavy atom. The van der Waals surface area contributed by atoms with Crippen LogP contribution >= 0.6 is 35.7 Å². The molecule has 0 radical (unpaired) electrons. The summed E-state index contributed by atoms with van der Waals surface area (Å²) in [5.41, 5.74) is 1.95. The second-order valence-electron chi connectivity index (χ2n) is 5.67. The van der Waals surface area contributed by atoms with E-state index in [1.807, 2.05) is 48.5 Å². The number of para-hydroxylation sites is 2. The summed E-state index contributed by atoms with van der Waals surface area (Å²) < 4.78 is 0.595. The van der Waals surface area contributed by atoms with Crippen LogP contribution in [-0.2, 0) is 4.79 Å². The van der Waals surface area contributed by atoms with E-state index in [9.17, 15) is 4.79 Å². The molecular weight excluding hydrogens is 368 g/mol. The first-order valence-corrected chi connectivity index (χ1v) is 10.3. The number of benzene rings is 2. The molecule has 2 saturated heterocycles. The zero-order chi connectivity index (χ0) is 17.2. The third-order valence-electron chi connectivity index (χ3n) is 4.06. The van der Waals surface area contributed by atoms with Gasteiger partial charge in [-0.05, 0) is 30.7 Å². The van der Waals surface area contributed by atoms with Crippen molar-refractivity contribution in [2.24, 2.45) is 0 Å². The molecular formula is C19H16N2OS3. The lowest BCUT2D eigenvalue weighted by Gasteiger charge is -2.31. The highest BCUT2D eigenvalue weighted by atomic mass is 32.2. The summed E-state index contributed by atoms with van der Waals surface area (Å²) in [5, 5.41) is 1.02. The SMILES string of the molecule is O=C1/C(=C2\SCCCN2c2ccccc2)SC(=S)N1c1ccccc1. The lowest BCUT2D eigenvalue weighted by molar-refractivity contribution is -0.113. The number of hydrogen-bond acceptors (Lipinski definition) is 5. The molecule has 0 saturated carbocycles. The molecule has 0 N–H and O–H groups in total. The maximum Gasteiger partial charge on any atom is 0.273 e. The van der Waals surface area contributed by atoms with E-state index in [-0.39, 0.29) is 5.91 Å². The molecule has 2 aromatic carbocycles. The summed E-state index contributed by atoms with van der Waals surface area (Å²) in [7, 11) is 0. The topological polar surface area (TPSA) is 23.6 Å². The molecule has 1 amide bonds. The number of anilines is 2. The molecule has 0 aliphatic carbocycles. The van der Waals surface area contributed by atoms with Crippen LogP contribution in [0.4, 0.5) is 11.4 Å². The fourth-order valence-electron chi connectivity index (χ4n) is 2.91. The first-order valence-electron chi connectivity index (χ1n) is 8.06. The summed E-state index contributed by atoms with van der Waals surface area (Å²) in [6, 6.07) is 19.9. The molecule has 6 heteroatoms. The van der Waals surface area contributed by atoms with Gasteiger partial charge in [-0.25, -0.2) is 0 Å². The molecule has 0 atom stereocenters. The van der Waals surface area contributed by atoms with Crippen molar-refractivity contribution in [1.82, 2.24) is 0 Å². The summed E-state index contributed by atoms with van der Waals surface area (Å²) in [6.45, 7) is 0.918. The molecule has 2 aliphatic heterocycles. The Balaban J connectivity index is 1.74. The van der Waals surface area contributed by atoms with Crippen molar-refractivity contribution in [3.63, 3.8) is 0 Å². The molecule has 25 heavy (non-hydrogen) atoms. The van der Waals surface area contributed by atoms with Crippen LogP contribution in [0, 0.1) is 0 Å². The van der Waals surface area contributed by atoms with Crippen LogP contribution in [0.15, 0.2) is 70.6 Å². The van der Waals surface area contributed by atoms with E-state index in [0.717, 1.165) is 40.0 Å². The van der Waals surface area contributed by atoms with Crippen molar-refractivity contribution < 1.29 is 4.79 Å².